The van der Waals surface area contributed by atoms with Crippen LogP contribution >= 0.6 is 7.82 Å². The molecule has 5 atom stereocenters. The van der Waals surface area contributed by atoms with Crippen molar-refractivity contribution in [1.82, 2.24) is 0 Å². The van der Waals surface area contributed by atoms with Crippen LogP contribution in [0.4, 0.5) is 0 Å². The first kappa shape index (κ1) is 58.1. The highest BCUT2D eigenvalue weighted by Gasteiger charge is 2.27. The quantitative estimate of drug-likeness (QED) is 0.0129. The van der Waals surface area contributed by atoms with Gasteiger partial charge in [0.1, 0.15) is 12.7 Å². The normalized spacial score (nSPS) is 15.6. The van der Waals surface area contributed by atoms with Crippen molar-refractivity contribution in [2.45, 2.75) is 180 Å². The molecule has 0 heterocycles. The number of carbonyl (C=O) groups is 2. The van der Waals surface area contributed by atoms with Crippen LogP contribution in [0.2, 0.25) is 0 Å². The fourth-order valence-corrected chi connectivity index (χ4v) is 6.45. The second-order valence-corrected chi connectivity index (χ2v) is 16.5. The molecule has 0 aromatic carbocycles. The molecule has 350 valence electrons. The first-order valence-electron chi connectivity index (χ1n) is 22.8. The molecule has 0 bridgehead atoms. The highest BCUT2D eigenvalue weighted by Crippen LogP contribution is 2.43. The molecule has 61 heavy (non-hydrogen) atoms. The summed E-state index contributed by atoms with van der Waals surface area (Å²) in [4.78, 5) is 35.0. The Labute approximate surface area is 367 Å². The first-order valence-corrected chi connectivity index (χ1v) is 24.3. The van der Waals surface area contributed by atoms with Crippen molar-refractivity contribution < 1.29 is 58.0 Å². The van der Waals surface area contributed by atoms with E-state index in [0.717, 1.165) is 32.1 Å². The van der Waals surface area contributed by atoms with Crippen molar-refractivity contribution in [1.29, 1.82) is 0 Å². The predicted molar refractivity (Wildman–Crippen MR) is 245 cm³/mol. The second-order valence-electron chi connectivity index (χ2n) is 15.1. The third kappa shape index (κ3) is 42.2. The van der Waals surface area contributed by atoms with Gasteiger partial charge in [-0.2, -0.15) is 0 Å². The predicted octanol–water partition coefficient (Wildman–Crippen LogP) is 10.2. The van der Waals surface area contributed by atoms with Crippen LogP contribution in [0.15, 0.2) is 85.1 Å². The number of ether oxygens (including phenoxy) is 2. The van der Waals surface area contributed by atoms with E-state index in [-0.39, 0.29) is 19.4 Å². The second kappa shape index (κ2) is 42.4. The molecule has 0 rings (SSSR count). The number of phosphoric ester groups is 1. The lowest BCUT2D eigenvalue weighted by Crippen LogP contribution is -2.29. The minimum absolute atomic E-state index is 0.00231. The largest absolute Gasteiger partial charge is 0.472 e. The smallest absolute Gasteiger partial charge is 0.462 e. The molecule has 0 aliphatic heterocycles. The Balaban J connectivity index is 4.52. The molecule has 0 aromatic rings. The molecule has 1 unspecified atom stereocenters. The molecule has 13 heteroatoms. The average Bonchev–Trinajstić information content (AvgIpc) is 3.24. The molecule has 0 aromatic heterocycles. The highest BCUT2D eigenvalue weighted by atomic mass is 31.2. The molecular weight excluding hydrogens is 799 g/mol. The van der Waals surface area contributed by atoms with Gasteiger partial charge in [0.25, 0.3) is 0 Å². The number of aliphatic hydroxyl groups excluding tert-OH is 4. The van der Waals surface area contributed by atoms with Gasteiger partial charge >= 0.3 is 19.8 Å². The molecule has 0 aliphatic rings. The number of aliphatic hydroxyl groups is 4. The van der Waals surface area contributed by atoms with E-state index < -0.39 is 64.0 Å². The number of phosphoric acid groups is 1. The molecule has 0 amide bonds. The number of carbonyl (C=O) groups excluding carboxylic acids is 2. The van der Waals surface area contributed by atoms with Gasteiger partial charge in [0, 0.05) is 12.8 Å². The maximum absolute atomic E-state index is 12.6. The summed E-state index contributed by atoms with van der Waals surface area (Å²) in [5.41, 5.74) is 0. The molecule has 0 radical (unpaired) electrons. The van der Waals surface area contributed by atoms with Gasteiger partial charge in [-0.3, -0.25) is 18.6 Å². The summed E-state index contributed by atoms with van der Waals surface area (Å²) in [6.45, 7) is 1.97. The van der Waals surface area contributed by atoms with Gasteiger partial charge in [-0.05, 0) is 64.2 Å². The van der Waals surface area contributed by atoms with Crippen LogP contribution in [-0.4, -0.2) is 88.1 Å². The topological polar surface area (TPSA) is 189 Å². The van der Waals surface area contributed by atoms with Crippen molar-refractivity contribution >= 4 is 19.8 Å². The zero-order valence-electron chi connectivity index (χ0n) is 37.3. The lowest BCUT2D eigenvalue weighted by molar-refractivity contribution is -0.161. The van der Waals surface area contributed by atoms with E-state index in [1.807, 2.05) is 37.3 Å². The van der Waals surface area contributed by atoms with Gasteiger partial charge in [-0.15, -0.1) is 0 Å². The Bertz CT molecular complexity index is 1320. The van der Waals surface area contributed by atoms with Crippen molar-refractivity contribution in [2.24, 2.45) is 0 Å². The minimum atomic E-state index is -4.67. The lowest BCUT2D eigenvalue weighted by atomic mass is 10.1. The molecule has 0 aliphatic carbocycles. The SMILES string of the molecule is CC/C=C\C[C@H](O)/C=C/C=C\C=C\[C@H](O)C/C=C\C/C=C\CCC(=O)O[C@H](COC(=O)CCCCCCCCC/C=C\CCCCCCCC)COP(=O)(O)OC[C@@H](O)CO. The van der Waals surface area contributed by atoms with Crippen molar-refractivity contribution in [3.05, 3.63) is 85.1 Å². The summed E-state index contributed by atoms with van der Waals surface area (Å²) < 4.78 is 32.6. The van der Waals surface area contributed by atoms with Crippen LogP contribution in [0.3, 0.4) is 0 Å². The maximum atomic E-state index is 12.6. The number of rotatable bonds is 41. The Kier molecular flexibility index (Phi) is 40.3. The number of hydrogen-bond acceptors (Lipinski definition) is 11. The summed E-state index contributed by atoms with van der Waals surface area (Å²) >= 11 is 0. The van der Waals surface area contributed by atoms with Gasteiger partial charge in [0.05, 0.1) is 32.0 Å². The minimum Gasteiger partial charge on any atom is -0.462 e. The summed E-state index contributed by atoms with van der Waals surface area (Å²) in [7, 11) is -4.67. The molecule has 0 spiro atoms. The van der Waals surface area contributed by atoms with E-state index in [0.29, 0.717) is 32.1 Å². The molecule has 12 nitrogen and oxygen atoms in total. The third-order valence-electron chi connectivity index (χ3n) is 9.21. The summed E-state index contributed by atoms with van der Waals surface area (Å²) in [6, 6.07) is 0. The monoisotopic (exact) mass is 881 g/mol. The molecule has 5 N–H and O–H groups in total. The first-order chi connectivity index (χ1) is 29.5. The van der Waals surface area contributed by atoms with Gasteiger partial charge in [0.2, 0.25) is 0 Å². The highest BCUT2D eigenvalue weighted by molar-refractivity contribution is 7.47. The molecule has 0 fully saturated rings. The van der Waals surface area contributed by atoms with Crippen molar-refractivity contribution in [2.75, 3.05) is 26.4 Å². The number of hydrogen-bond donors (Lipinski definition) is 5. The van der Waals surface area contributed by atoms with E-state index in [9.17, 15) is 34.4 Å². The zero-order valence-corrected chi connectivity index (χ0v) is 38.2. The maximum Gasteiger partial charge on any atom is 0.472 e. The molecule has 0 saturated heterocycles. The number of unbranched alkanes of at least 4 members (excludes halogenated alkanes) is 13. The third-order valence-corrected chi connectivity index (χ3v) is 10.2. The zero-order chi connectivity index (χ0) is 45.1. The lowest BCUT2D eigenvalue weighted by Gasteiger charge is -2.20. The van der Waals surface area contributed by atoms with Crippen LogP contribution in [0.25, 0.3) is 0 Å². The molecule has 0 saturated carbocycles. The summed E-state index contributed by atoms with van der Waals surface area (Å²) in [5.74, 6) is -1.10. The van der Waals surface area contributed by atoms with Crippen LogP contribution in [0, 0.1) is 0 Å². The van der Waals surface area contributed by atoms with Gasteiger partial charge in [-0.1, -0.05) is 163 Å². The van der Waals surface area contributed by atoms with Crippen LogP contribution in [0.1, 0.15) is 155 Å². The fourth-order valence-electron chi connectivity index (χ4n) is 5.66. The van der Waals surface area contributed by atoms with Crippen LogP contribution < -0.4 is 0 Å². The average molecular weight is 881 g/mol. The van der Waals surface area contributed by atoms with E-state index in [2.05, 4.69) is 23.6 Å². The molecular formula is C48H81O12P. The standard InChI is InChI=1S/C48H81O12P/c1-3-5-7-8-9-10-11-12-13-14-15-16-17-18-19-23-31-37-47(53)57-41-46(42-59-61(55,56)58-40-45(52)39-49)60-48(54)38-32-24-21-20-22-28-34-44(51)36-30-26-25-29-35-43(50)33-27-6-4-2/h6,12-13,21-22,24-30,35-36,43-46,49-52H,3-5,7-11,14-20,23,31-34,37-42H2,1-2H3,(H,55,56)/b13-12-,24-21-,26-25-,27-6-,28-22-,35-29+,36-30+/t43-,44+,45-,46+/m0/s1. The fraction of sp³-hybridized carbons (Fsp3) is 0.667. The van der Waals surface area contributed by atoms with E-state index in [1.54, 1.807) is 42.5 Å². The van der Waals surface area contributed by atoms with Gasteiger partial charge in [0.15, 0.2) is 6.10 Å². The Morgan fingerprint density at radius 1 is 0.574 bits per heavy atom. The Morgan fingerprint density at radius 2 is 1.10 bits per heavy atom. The van der Waals surface area contributed by atoms with Crippen molar-refractivity contribution in [3.8, 4) is 0 Å². The Morgan fingerprint density at radius 3 is 1.69 bits per heavy atom. The van der Waals surface area contributed by atoms with E-state index >= 15 is 0 Å². The number of esters is 2. The van der Waals surface area contributed by atoms with E-state index in [1.165, 1.54) is 64.2 Å². The summed E-state index contributed by atoms with van der Waals surface area (Å²) in [5, 5.41) is 38.3. The van der Waals surface area contributed by atoms with Gasteiger partial charge < -0.3 is 34.8 Å². The van der Waals surface area contributed by atoms with E-state index in [4.69, 9.17) is 19.1 Å². The van der Waals surface area contributed by atoms with Gasteiger partial charge in [-0.25, -0.2) is 4.57 Å². The number of allylic oxidation sites excluding steroid dienone is 10. The Hall–Kier alpha value is -2.93. The summed E-state index contributed by atoms with van der Waals surface area (Å²) in [6.07, 6.45) is 43.4. The van der Waals surface area contributed by atoms with Crippen LogP contribution in [-0.2, 0) is 32.7 Å². The van der Waals surface area contributed by atoms with Crippen LogP contribution in [0.5, 0.6) is 0 Å². The van der Waals surface area contributed by atoms with Crippen molar-refractivity contribution in [3.63, 3.8) is 0 Å².